The molecule has 18 heavy (non-hydrogen) atoms. The van der Waals surface area contributed by atoms with Crippen molar-refractivity contribution in [3.63, 3.8) is 0 Å². The summed E-state index contributed by atoms with van der Waals surface area (Å²) in [5.74, 6) is 0.635. The first-order chi connectivity index (χ1) is 8.63. The number of ether oxygens (including phenoxy) is 2. The molecule has 0 fully saturated rings. The molecule has 0 radical (unpaired) electrons. The van der Waals surface area contributed by atoms with Crippen molar-refractivity contribution in [2.45, 2.75) is 32.6 Å². The quantitative estimate of drug-likeness (QED) is 0.598. The van der Waals surface area contributed by atoms with Crippen molar-refractivity contribution in [1.82, 2.24) is 0 Å². The van der Waals surface area contributed by atoms with Crippen molar-refractivity contribution in [1.29, 1.82) is 0 Å². The van der Waals surface area contributed by atoms with Crippen molar-refractivity contribution >= 4 is 5.78 Å². The highest BCUT2D eigenvalue weighted by atomic mass is 16.5. The Morgan fingerprint density at radius 2 is 1.94 bits per heavy atom. The molecule has 0 saturated carbocycles. The van der Waals surface area contributed by atoms with Gasteiger partial charge in [-0.15, -0.1) is 0 Å². The Kier molecular flexibility index (Phi) is 5.49. The first-order valence-electron chi connectivity index (χ1n) is 6.12. The minimum absolute atomic E-state index is 0.0901. The number of phenols is 1. The molecule has 1 rings (SSSR count). The van der Waals surface area contributed by atoms with Gasteiger partial charge >= 0.3 is 0 Å². The Labute approximate surface area is 108 Å². The molecule has 0 bridgehead atoms. The number of Topliss-reactive ketones (excluding diaryl/α,β-unsaturated/α-hetero) is 1. The van der Waals surface area contributed by atoms with Crippen LogP contribution in [0.4, 0.5) is 0 Å². The van der Waals surface area contributed by atoms with E-state index in [9.17, 15) is 9.90 Å². The highest BCUT2D eigenvalue weighted by Gasteiger charge is 2.18. The summed E-state index contributed by atoms with van der Waals surface area (Å²) in [5.41, 5.74) is 0.245. The van der Waals surface area contributed by atoms with Gasteiger partial charge in [0.1, 0.15) is 22.8 Å². The van der Waals surface area contributed by atoms with Gasteiger partial charge in [-0.25, -0.2) is 0 Å². The van der Waals surface area contributed by atoms with E-state index in [0.29, 0.717) is 17.9 Å². The SMILES string of the molecule is CCCCCC(=O)c1c(O)cc(OC)cc1OC. The van der Waals surface area contributed by atoms with Crippen LogP contribution in [0, 0.1) is 0 Å². The average molecular weight is 252 g/mol. The van der Waals surface area contributed by atoms with Gasteiger partial charge in [0.15, 0.2) is 5.78 Å². The van der Waals surface area contributed by atoms with Crippen LogP contribution in [-0.4, -0.2) is 25.1 Å². The molecule has 100 valence electrons. The lowest BCUT2D eigenvalue weighted by Crippen LogP contribution is -2.03. The van der Waals surface area contributed by atoms with E-state index in [1.165, 1.54) is 20.3 Å². The van der Waals surface area contributed by atoms with Crippen LogP contribution >= 0.6 is 0 Å². The number of unbranched alkanes of at least 4 members (excludes halogenated alkanes) is 2. The lowest BCUT2D eigenvalue weighted by Gasteiger charge is -2.11. The predicted molar refractivity (Wildman–Crippen MR) is 69.7 cm³/mol. The number of rotatable bonds is 7. The fourth-order valence-corrected chi connectivity index (χ4v) is 1.80. The van der Waals surface area contributed by atoms with Gasteiger partial charge in [-0.05, 0) is 6.42 Å². The lowest BCUT2D eigenvalue weighted by atomic mass is 10.0. The van der Waals surface area contributed by atoms with E-state index in [1.807, 2.05) is 0 Å². The molecule has 0 aliphatic rings. The van der Waals surface area contributed by atoms with Gasteiger partial charge in [0, 0.05) is 18.6 Å². The maximum absolute atomic E-state index is 12.0. The topological polar surface area (TPSA) is 55.8 Å². The summed E-state index contributed by atoms with van der Waals surface area (Å²) in [6.45, 7) is 2.08. The van der Waals surface area contributed by atoms with Gasteiger partial charge in [-0.2, -0.15) is 0 Å². The summed E-state index contributed by atoms with van der Waals surface area (Å²) >= 11 is 0. The molecular formula is C14H20O4. The number of carbonyl (C=O) groups is 1. The van der Waals surface area contributed by atoms with Gasteiger partial charge in [-0.3, -0.25) is 4.79 Å². The second-order valence-corrected chi connectivity index (χ2v) is 4.10. The molecule has 4 heteroatoms. The summed E-state index contributed by atoms with van der Waals surface area (Å²) in [6.07, 6.45) is 3.30. The second kappa shape index (κ2) is 6.89. The first-order valence-corrected chi connectivity index (χ1v) is 6.12. The largest absolute Gasteiger partial charge is 0.507 e. The van der Waals surface area contributed by atoms with E-state index < -0.39 is 0 Å². The molecule has 1 N–H and O–H groups in total. The maximum Gasteiger partial charge on any atom is 0.170 e. The van der Waals surface area contributed by atoms with Gasteiger partial charge in [0.25, 0.3) is 0 Å². The zero-order valence-electron chi connectivity index (χ0n) is 11.2. The minimum atomic E-state index is -0.0968. The summed E-state index contributed by atoms with van der Waals surface area (Å²) in [5, 5.41) is 9.88. The minimum Gasteiger partial charge on any atom is -0.507 e. The van der Waals surface area contributed by atoms with Crippen LogP contribution in [0.2, 0.25) is 0 Å². The Hall–Kier alpha value is -1.71. The fraction of sp³-hybridized carbons (Fsp3) is 0.500. The highest BCUT2D eigenvalue weighted by molar-refractivity contribution is 6.01. The van der Waals surface area contributed by atoms with Gasteiger partial charge in [0.2, 0.25) is 0 Å². The molecule has 0 heterocycles. The van der Waals surface area contributed by atoms with Crippen LogP contribution in [0.3, 0.4) is 0 Å². The number of benzene rings is 1. The van der Waals surface area contributed by atoms with Crippen LogP contribution in [0.5, 0.6) is 17.2 Å². The summed E-state index contributed by atoms with van der Waals surface area (Å²) < 4.78 is 10.2. The number of hydrogen-bond donors (Lipinski definition) is 1. The van der Waals surface area contributed by atoms with E-state index >= 15 is 0 Å². The normalized spacial score (nSPS) is 10.2. The molecule has 0 aliphatic heterocycles. The third-order valence-corrected chi connectivity index (χ3v) is 2.80. The van der Waals surface area contributed by atoms with Crippen LogP contribution in [-0.2, 0) is 0 Å². The summed E-state index contributed by atoms with van der Waals surface area (Å²) in [4.78, 5) is 12.0. The van der Waals surface area contributed by atoms with Crippen molar-refractivity contribution in [2.24, 2.45) is 0 Å². The number of hydrogen-bond acceptors (Lipinski definition) is 4. The molecule has 0 saturated heterocycles. The van der Waals surface area contributed by atoms with E-state index in [-0.39, 0.29) is 17.1 Å². The van der Waals surface area contributed by atoms with Crippen molar-refractivity contribution in [2.75, 3.05) is 14.2 Å². The van der Waals surface area contributed by atoms with Crippen molar-refractivity contribution in [3.8, 4) is 17.2 Å². The Bertz CT molecular complexity index is 413. The Morgan fingerprint density at radius 3 is 2.50 bits per heavy atom. The number of aromatic hydroxyl groups is 1. The van der Waals surface area contributed by atoms with E-state index in [0.717, 1.165) is 19.3 Å². The molecule has 0 amide bonds. The average Bonchev–Trinajstić information content (AvgIpc) is 2.37. The van der Waals surface area contributed by atoms with Gasteiger partial charge in [0.05, 0.1) is 14.2 Å². The fourth-order valence-electron chi connectivity index (χ4n) is 1.80. The highest BCUT2D eigenvalue weighted by Crippen LogP contribution is 2.34. The molecule has 1 aromatic rings. The van der Waals surface area contributed by atoms with Gasteiger partial charge < -0.3 is 14.6 Å². The van der Waals surface area contributed by atoms with Gasteiger partial charge in [-0.1, -0.05) is 19.8 Å². The molecule has 0 atom stereocenters. The third-order valence-electron chi connectivity index (χ3n) is 2.80. The van der Waals surface area contributed by atoms with E-state index in [2.05, 4.69) is 6.92 Å². The lowest BCUT2D eigenvalue weighted by molar-refractivity contribution is 0.0973. The smallest absolute Gasteiger partial charge is 0.170 e. The van der Waals surface area contributed by atoms with Crippen LogP contribution in [0.25, 0.3) is 0 Å². The molecule has 0 unspecified atom stereocenters. The predicted octanol–water partition coefficient (Wildman–Crippen LogP) is 3.17. The van der Waals surface area contributed by atoms with Crippen molar-refractivity contribution in [3.05, 3.63) is 17.7 Å². The van der Waals surface area contributed by atoms with E-state index in [1.54, 1.807) is 6.07 Å². The molecule has 1 aromatic carbocycles. The van der Waals surface area contributed by atoms with Crippen LogP contribution in [0.1, 0.15) is 43.0 Å². The monoisotopic (exact) mass is 252 g/mol. The van der Waals surface area contributed by atoms with Crippen molar-refractivity contribution < 1.29 is 19.4 Å². The second-order valence-electron chi connectivity index (χ2n) is 4.10. The molecule has 0 aromatic heterocycles. The molecule has 0 aliphatic carbocycles. The Balaban J connectivity index is 2.96. The number of ketones is 1. The van der Waals surface area contributed by atoms with Crippen LogP contribution in [0.15, 0.2) is 12.1 Å². The molecular weight excluding hydrogens is 232 g/mol. The van der Waals surface area contributed by atoms with E-state index in [4.69, 9.17) is 9.47 Å². The number of phenolic OH excluding ortho intramolecular Hbond substituents is 1. The maximum atomic E-state index is 12.0. The van der Waals surface area contributed by atoms with Crippen LogP contribution < -0.4 is 9.47 Å². The summed E-state index contributed by atoms with van der Waals surface area (Å²) in [6, 6.07) is 3.03. The first kappa shape index (κ1) is 14.4. The number of methoxy groups -OCH3 is 2. The summed E-state index contributed by atoms with van der Waals surface area (Å²) in [7, 11) is 2.97. The zero-order valence-corrected chi connectivity index (χ0v) is 11.2. The standard InChI is InChI=1S/C14H20O4/c1-4-5-6-7-11(15)14-12(16)8-10(17-2)9-13(14)18-3/h8-9,16H,4-7H2,1-3H3. The zero-order chi connectivity index (χ0) is 13.5. The number of carbonyl (C=O) groups excluding carboxylic acids is 1. The Morgan fingerprint density at radius 1 is 1.22 bits per heavy atom. The third kappa shape index (κ3) is 3.39. The molecule has 0 spiro atoms. The molecule has 4 nitrogen and oxygen atoms in total.